The summed E-state index contributed by atoms with van der Waals surface area (Å²) in [4.78, 5) is 24.3. The Bertz CT molecular complexity index is 780. The summed E-state index contributed by atoms with van der Waals surface area (Å²) < 4.78 is 39.5. The van der Waals surface area contributed by atoms with Crippen LogP contribution in [0.2, 0.25) is 0 Å². The smallest absolute Gasteiger partial charge is 0.407 e. The van der Waals surface area contributed by atoms with Crippen molar-refractivity contribution in [2.24, 2.45) is 28.6 Å². The van der Waals surface area contributed by atoms with Gasteiger partial charge >= 0.3 is 12.2 Å². The van der Waals surface area contributed by atoms with Gasteiger partial charge in [0.15, 0.2) is 0 Å². The summed E-state index contributed by atoms with van der Waals surface area (Å²) in [6.45, 7) is 18.3. The molecule has 7 unspecified atom stereocenters. The Morgan fingerprint density at radius 1 is 1.06 bits per heavy atom. The van der Waals surface area contributed by atoms with E-state index in [1.54, 1.807) is 53.3 Å². The van der Waals surface area contributed by atoms with Crippen molar-refractivity contribution in [2.75, 3.05) is 26.3 Å². The van der Waals surface area contributed by atoms with Crippen molar-refractivity contribution in [3.05, 3.63) is 0 Å². The number of hydrogen-bond donors (Lipinski definition) is 2. The van der Waals surface area contributed by atoms with Gasteiger partial charge in [0, 0.05) is 34.4 Å². The number of halogens is 2. The monoisotopic (exact) mass is 528 g/mol. The summed E-state index contributed by atoms with van der Waals surface area (Å²) >= 11 is 1.56. The molecule has 0 saturated heterocycles. The van der Waals surface area contributed by atoms with Crippen LogP contribution in [0.15, 0.2) is 0 Å². The third kappa shape index (κ3) is 7.70. The lowest BCUT2D eigenvalue weighted by atomic mass is 9.40. The SMILES string of the molecule is [B]C(F)(C(C)COC(=O)NCC(C)(C)SC(C)CNC(=O)OCC1(C)C(C)C(C)C1([B])F)C(C)(C)C. The summed E-state index contributed by atoms with van der Waals surface area (Å²) in [5.74, 6) is -0.990. The van der Waals surface area contributed by atoms with Gasteiger partial charge in [-0.05, 0) is 31.1 Å². The third-order valence-corrected chi connectivity index (χ3v) is 9.19. The first-order valence-electron chi connectivity index (χ1n) is 12.5. The fourth-order valence-electron chi connectivity index (χ4n) is 4.45. The summed E-state index contributed by atoms with van der Waals surface area (Å²) in [6, 6.07) is 0. The Hall–Kier alpha value is -1.12. The zero-order valence-electron chi connectivity index (χ0n) is 23.6. The number of alkyl halides is 2. The summed E-state index contributed by atoms with van der Waals surface area (Å²) in [5.41, 5.74) is -5.59. The summed E-state index contributed by atoms with van der Waals surface area (Å²) in [5, 5.41) is 5.39. The predicted molar refractivity (Wildman–Crippen MR) is 144 cm³/mol. The molecule has 11 heteroatoms. The van der Waals surface area contributed by atoms with Crippen LogP contribution in [0.1, 0.15) is 69.2 Å². The minimum absolute atomic E-state index is 0.00502. The summed E-state index contributed by atoms with van der Waals surface area (Å²) in [7, 11) is 11.6. The largest absolute Gasteiger partial charge is 0.449 e. The molecule has 0 aromatic rings. The van der Waals surface area contributed by atoms with Gasteiger partial charge in [0.05, 0.1) is 17.7 Å². The number of thioether (sulfide) groups is 1. The van der Waals surface area contributed by atoms with Crippen LogP contribution >= 0.6 is 11.8 Å². The maximum Gasteiger partial charge on any atom is 0.407 e. The number of ether oxygens (including phenoxy) is 2. The van der Waals surface area contributed by atoms with Gasteiger partial charge < -0.3 is 20.1 Å². The molecule has 0 bridgehead atoms. The molecular weight excluding hydrogens is 484 g/mol. The lowest BCUT2D eigenvalue weighted by Crippen LogP contribution is -2.67. The highest BCUT2D eigenvalue weighted by Gasteiger charge is 2.64. The maximum atomic E-state index is 14.8. The molecule has 2 N–H and O–H groups in total. The van der Waals surface area contributed by atoms with E-state index in [2.05, 4.69) is 10.6 Å². The van der Waals surface area contributed by atoms with E-state index in [-0.39, 0.29) is 35.0 Å². The van der Waals surface area contributed by atoms with Gasteiger partial charge in [-0.25, -0.2) is 9.59 Å². The molecule has 7 atom stereocenters. The molecule has 0 spiro atoms. The molecular formula is C25H44B2F2N2O4S. The Kier molecular flexibility index (Phi) is 10.7. The number of carbonyl (C=O) groups excluding carboxylic acids is 2. The van der Waals surface area contributed by atoms with Crippen LogP contribution in [-0.4, -0.2) is 75.3 Å². The number of hydrogen-bond acceptors (Lipinski definition) is 5. The van der Waals surface area contributed by atoms with Crippen molar-refractivity contribution in [1.82, 2.24) is 10.6 Å². The quantitative estimate of drug-likeness (QED) is 0.370. The molecule has 36 heavy (non-hydrogen) atoms. The average Bonchev–Trinajstić information content (AvgIpc) is 2.75. The van der Waals surface area contributed by atoms with E-state index < -0.39 is 40.1 Å². The number of nitrogens with one attached hydrogen (secondary N) is 2. The van der Waals surface area contributed by atoms with E-state index in [4.69, 9.17) is 25.2 Å². The molecule has 1 fully saturated rings. The first kappa shape index (κ1) is 32.9. The molecule has 4 radical (unpaired) electrons. The highest BCUT2D eigenvalue weighted by Crippen LogP contribution is 2.59. The molecule has 0 aliphatic heterocycles. The first-order chi connectivity index (χ1) is 16.1. The zero-order chi connectivity index (χ0) is 28.3. The molecule has 6 nitrogen and oxygen atoms in total. The molecule has 1 aliphatic rings. The molecule has 1 saturated carbocycles. The van der Waals surface area contributed by atoms with Crippen molar-refractivity contribution in [1.29, 1.82) is 0 Å². The van der Waals surface area contributed by atoms with Crippen LogP contribution in [0.5, 0.6) is 0 Å². The second kappa shape index (κ2) is 11.7. The van der Waals surface area contributed by atoms with Crippen LogP contribution < -0.4 is 10.6 Å². The Morgan fingerprint density at radius 2 is 1.58 bits per heavy atom. The van der Waals surface area contributed by atoms with Gasteiger partial charge in [-0.2, -0.15) is 0 Å². The number of carbonyl (C=O) groups is 2. The van der Waals surface area contributed by atoms with Gasteiger partial charge in [-0.1, -0.05) is 55.4 Å². The van der Waals surface area contributed by atoms with Gasteiger partial charge in [-0.15, -0.1) is 11.8 Å². The number of alkyl carbamates (subject to hydrolysis) is 2. The van der Waals surface area contributed by atoms with E-state index in [0.29, 0.717) is 13.1 Å². The topological polar surface area (TPSA) is 76.7 Å². The molecule has 0 aromatic heterocycles. The van der Waals surface area contributed by atoms with Crippen molar-refractivity contribution in [2.45, 2.75) is 90.4 Å². The molecule has 0 heterocycles. The fraction of sp³-hybridized carbons (Fsp3) is 0.920. The van der Waals surface area contributed by atoms with Crippen molar-refractivity contribution < 1.29 is 27.8 Å². The first-order valence-corrected chi connectivity index (χ1v) is 13.4. The second-order valence-electron chi connectivity index (χ2n) is 12.3. The predicted octanol–water partition coefficient (Wildman–Crippen LogP) is 4.98. The van der Waals surface area contributed by atoms with Crippen molar-refractivity contribution in [3.8, 4) is 0 Å². The molecule has 204 valence electrons. The second-order valence-corrected chi connectivity index (χ2v) is 14.4. The highest BCUT2D eigenvalue weighted by molar-refractivity contribution is 8.01. The normalized spacial score (nSPS) is 29.8. The van der Waals surface area contributed by atoms with Gasteiger partial charge in [-0.3, -0.25) is 8.78 Å². The minimum atomic E-state index is -1.99. The zero-order valence-corrected chi connectivity index (χ0v) is 24.4. The Balaban J connectivity index is 2.38. The van der Waals surface area contributed by atoms with Gasteiger partial charge in [0.2, 0.25) is 0 Å². The number of amides is 2. The average molecular weight is 528 g/mol. The lowest BCUT2D eigenvalue weighted by Gasteiger charge is -2.61. The van der Waals surface area contributed by atoms with Crippen LogP contribution in [0.4, 0.5) is 18.4 Å². The van der Waals surface area contributed by atoms with E-state index in [1.165, 1.54) is 0 Å². The standard InChI is InChI=1S/C25H44B2F2N2O4S/c1-15(24(26,28)21(5,6)7)12-34-20(33)31-13-22(8,9)36-16(2)11-30-19(32)35-14-23(10)17(3)18(4)25(23,27)29/h15-18H,11-14H2,1-10H3,(H,30,32)(H,31,33). The molecule has 0 aromatic carbocycles. The van der Waals surface area contributed by atoms with E-state index in [0.717, 1.165) is 0 Å². The van der Waals surface area contributed by atoms with Crippen LogP contribution in [0, 0.1) is 28.6 Å². The maximum absolute atomic E-state index is 14.8. The van der Waals surface area contributed by atoms with Crippen molar-refractivity contribution in [3.63, 3.8) is 0 Å². The highest BCUT2D eigenvalue weighted by atomic mass is 32.2. The minimum Gasteiger partial charge on any atom is -0.449 e. The Morgan fingerprint density at radius 3 is 2.08 bits per heavy atom. The van der Waals surface area contributed by atoms with Gasteiger partial charge in [0.25, 0.3) is 0 Å². The molecule has 1 aliphatic carbocycles. The number of rotatable bonds is 11. The Labute approximate surface area is 223 Å². The molecule has 2 amide bonds. The third-order valence-electron chi connectivity index (χ3n) is 7.84. The molecule has 1 rings (SSSR count). The van der Waals surface area contributed by atoms with E-state index in [9.17, 15) is 18.4 Å². The van der Waals surface area contributed by atoms with Crippen LogP contribution in [0.3, 0.4) is 0 Å². The van der Waals surface area contributed by atoms with Crippen LogP contribution in [-0.2, 0) is 9.47 Å². The van der Waals surface area contributed by atoms with E-state index >= 15 is 0 Å². The lowest BCUT2D eigenvalue weighted by molar-refractivity contribution is -0.165. The van der Waals surface area contributed by atoms with Gasteiger partial charge in [0.1, 0.15) is 22.3 Å². The van der Waals surface area contributed by atoms with E-state index in [1.807, 2.05) is 27.7 Å². The van der Waals surface area contributed by atoms with Crippen LogP contribution in [0.25, 0.3) is 0 Å². The fourth-order valence-corrected chi connectivity index (χ4v) is 5.86. The van der Waals surface area contributed by atoms with Crippen molar-refractivity contribution >= 4 is 39.6 Å². The summed E-state index contributed by atoms with van der Waals surface area (Å²) in [6.07, 6.45) is -1.27.